The molecule has 2 amide bonds. The zero-order chi connectivity index (χ0) is 25.7. The first kappa shape index (κ1) is 25.3. The Bertz CT molecular complexity index is 1220. The molecule has 3 heterocycles. The third-order valence-electron chi connectivity index (χ3n) is 6.22. The lowest BCUT2D eigenvalue weighted by atomic mass is 9.93. The van der Waals surface area contributed by atoms with E-state index in [9.17, 15) is 19.5 Å². The van der Waals surface area contributed by atoms with Crippen molar-refractivity contribution in [3.8, 4) is 11.1 Å². The lowest BCUT2D eigenvalue weighted by Crippen LogP contribution is -2.48. The summed E-state index contributed by atoms with van der Waals surface area (Å²) in [5.41, 5.74) is 1.14. The van der Waals surface area contributed by atoms with Crippen molar-refractivity contribution < 1.29 is 24.2 Å². The van der Waals surface area contributed by atoms with E-state index in [-0.39, 0.29) is 46.3 Å². The second kappa shape index (κ2) is 9.32. The second-order valence-corrected chi connectivity index (χ2v) is 10.7. The van der Waals surface area contributed by atoms with Gasteiger partial charge in [-0.1, -0.05) is 29.3 Å². The van der Waals surface area contributed by atoms with Crippen LogP contribution >= 0.6 is 23.2 Å². The molecular formula is C25H27Cl2N3O5. The van der Waals surface area contributed by atoms with Crippen LogP contribution in [0.3, 0.4) is 0 Å². The van der Waals surface area contributed by atoms with Crippen molar-refractivity contribution in [3.05, 3.63) is 50.8 Å². The van der Waals surface area contributed by atoms with Gasteiger partial charge in [0.25, 0.3) is 5.91 Å². The summed E-state index contributed by atoms with van der Waals surface area (Å²) in [6, 6.07) is 4.65. The van der Waals surface area contributed by atoms with E-state index >= 15 is 0 Å². The van der Waals surface area contributed by atoms with Crippen molar-refractivity contribution in [1.29, 1.82) is 0 Å². The van der Waals surface area contributed by atoms with Crippen LogP contribution in [0.25, 0.3) is 11.1 Å². The molecule has 2 aliphatic heterocycles. The number of fused-ring (bicyclic) bond motifs is 1. The zero-order valence-corrected chi connectivity index (χ0v) is 21.5. The van der Waals surface area contributed by atoms with Gasteiger partial charge in [0.15, 0.2) is 0 Å². The molecule has 1 aromatic heterocycles. The molecule has 35 heavy (non-hydrogen) atoms. The highest BCUT2D eigenvalue weighted by Crippen LogP contribution is 2.41. The van der Waals surface area contributed by atoms with Gasteiger partial charge in [0.1, 0.15) is 5.60 Å². The van der Waals surface area contributed by atoms with Crippen LogP contribution in [0, 0.1) is 6.92 Å². The Kier molecular flexibility index (Phi) is 6.72. The molecule has 1 fully saturated rings. The van der Waals surface area contributed by atoms with Gasteiger partial charge in [0.2, 0.25) is 0 Å². The number of hydrogen-bond acceptors (Lipinski definition) is 5. The number of pyridine rings is 1. The van der Waals surface area contributed by atoms with Crippen molar-refractivity contribution in [2.24, 2.45) is 0 Å². The smallest absolute Gasteiger partial charge is 0.410 e. The number of carbonyl (C=O) groups excluding carboxylic acids is 2. The molecule has 8 nitrogen and oxygen atoms in total. The molecule has 1 N–H and O–H groups in total. The molecule has 0 saturated carbocycles. The number of benzene rings is 1. The Hall–Kier alpha value is -2.84. The molecular weight excluding hydrogens is 493 g/mol. The molecule has 1 saturated heterocycles. The van der Waals surface area contributed by atoms with Crippen molar-refractivity contribution in [3.63, 3.8) is 0 Å². The molecule has 2 aliphatic rings. The van der Waals surface area contributed by atoms with Gasteiger partial charge in [-0.2, -0.15) is 0 Å². The first-order valence-electron chi connectivity index (χ1n) is 11.4. The normalized spacial score (nSPS) is 16.5. The molecule has 0 spiro atoms. The van der Waals surface area contributed by atoms with Crippen molar-refractivity contribution in [1.82, 2.24) is 14.8 Å². The number of halogens is 2. The Labute approximate surface area is 213 Å². The summed E-state index contributed by atoms with van der Waals surface area (Å²) in [5, 5.41) is 10.6. The lowest BCUT2D eigenvalue weighted by Gasteiger charge is -2.37. The SMILES string of the molecule is Cc1nc2c(c(-c3ccc(Cl)cc3Cl)c1C(=O)O)C(=O)N(C1CCN(C(=O)OC(C)(C)C)CC1)C2. The van der Waals surface area contributed by atoms with E-state index in [0.29, 0.717) is 47.9 Å². The first-order valence-corrected chi connectivity index (χ1v) is 12.1. The minimum Gasteiger partial charge on any atom is -0.478 e. The summed E-state index contributed by atoms with van der Waals surface area (Å²) in [5.74, 6) is -1.47. The number of amides is 2. The standard InChI is InChI=1S/C25H27Cl2N3O5/c1-13-19(23(32)33)20(16-6-5-14(26)11-17(16)27)21-18(28-13)12-30(22(21)31)15-7-9-29(10-8-15)24(34)35-25(2,3)4/h5-6,11,15H,7-10,12H2,1-4H3,(H,32,33). The number of aromatic carboxylic acids is 1. The molecule has 10 heteroatoms. The number of piperidine rings is 1. The van der Waals surface area contributed by atoms with E-state index in [1.807, 2.05) is 20.8 Å². The fourth-order valence-corrected chi connectivity index (χ4v) is 5.19. The van der Waals surface area contributed by atoms with Gasteiger partial charge in [0.05, 0.1) is 29.1 Å². The summed E-state index contributed by atoms with van der Waals surface area (Å²) >= 11 is 12.5. The molecule has 0 bridgehead atoms. The second-order valence-electron chi connectivity index (χ2n) is 9.83. The number of ether oxygens (including phenoxy) is 1. The molecule has 0 unspecified atom stereocenters. The highest BCUT2D eigenvalue weighted by Gasteiger charge is 2.40. The monoisotopic (exact) mass is 519 g/mol. The van der Waals surface area contributed by atoms with Gasteiger partial charge < -0.3 is 19.6 Å². The predicted octanol–water partition coefficient (Wildman–Crippen LogP) is 5.42. The van der Waals surface area contributed by atoms with Gasteiger partial charge in [0, 0.05) is 40.3 Å². The Morgan fingerprint density at radius 3 is 2.37 bits per heavy atom. The minimum absolute atomic E-state index is 0.0529. The topological polar surface area (TPSA) is 100 Å². The third-order valence-corrected chi connectivity index (χ3v) is 6.77. The number of rotatable bonds is 3. The van der Waals surface area contributed by atoms with Gasteiger partial charge in [-0.3, -0.25) is 9.78 Å². The number of hydrogen-bond donors (Lipinski definition) is 1. The maximum absolute atomic E-state index is 13.7. The molecule has 0 atom stereocenters. The summed E-state index contributed by atoms with van der Waals surface area (Å²) in [6.45, 7) is 8.27. The number of carbonyl (C=O) groups is 3. The van der Waals surface area contributed by atoms with Crippen LogP contribution in [-0.2, 0) is 11.3 Å². The Morgan fingerprint density at radius 1 is 1.14 bits per heavy atom. The van der Waals surface area contributed by atoms with Crippen LogP contribution < -0.4 is 0 Å². The lowest BCUT2D eigenvalue weighted by molar-refractivity contribution is 0.0148. The molecule has 2 aromatic rings. The van der Waals surface area contributed by atoms with Gasteiger partial charge in [-0.15, -0.1) is 0 Å². The molecule has 1 aromatic carbocycles. The van der Waals surface area contributed by atoms with Crippen LogP contribution in [0.5, 0.6) is 0 Å². The summed E-state index contributed by atoms with van der Waals surface area (Å²) in [4.78, 5) is 46.2. The van der Waals surface area contributed by atoms with Crippen LogP contribution in [0.4, 0.5) is 4.79 Å². The zero-order valence-electron chi connectivity index (χ0n) is 20.0. The van der Waals surface area contributed by atoms with E-state index in [2.05, 4.69) is 4.98 Å². The van der Waals surface area contributed by atoms with E-state index in [0.717, 1.165) is 0 Å². The first-order chi connectivity index (χ1) is 16.4. The fourth-order valence-electron chi connectivity index (χ4n) is 4.69. The summed E-state index contributed by atoms with van der Waals surface area (Å²) < 4.78 is 5.46. The van der Waals surface area contributed by atoms with Crippen molar-refractivity contribution in [2.45, 2.75) is 58.7 Å². The maximum atomic E-state index is 13.7. The van der Waals surface area contributed by atoms with Crippen LogP contribution in [0.15, 0.2) is 18.2 Å². The van der Waals surface area contributed by atoms with E-state index < -0.39 is 11.6 Å². The molecule has 186 valence electrons. The number of likely N-dealkylation sites (tertiary alicyclic amines) is 1. The van der Waals surface area contributed by atoms with Gasteiger partial charge in [-0.25, -0.2) is 9.59 Å². The summed E-state index contributed by atoms with van der Waals surface area (Å²) in [6.07, 6.45) is 0.803. The average molecular weight is 520 g/mol. The van der Waals surface area contributed by atoms with E-state index in [1.165, 1.54) is 6.07 Å². The fraction of sp³-hybridized carbons (Fsp3) is 0.440. The van der Waals surface area contributed by atoms with Crippen LogP contribution in [-0.4, -0.2) is 62.6 Å². The molecule has 4 rings (SSSR count). The number of carboxylic acid groups (broad SMARTS) is 1. The third kappa shape index (κ3) is 4.95. The number of aryl methyl sites for hydroxylation is 1. The van der Waals surface area contributed by atoms with Crippen molar-refractivity contribution >= 4 is 41.2 Å². The quantitative estimate of drug-likeness (QED) is 0.581. The Balaban J connectivity index is 1.65. The predicted molar refractivity (Wildman–Crippen MR) is 132 cm³/mol. The highest BCUT2D eigenvalue weighted by molar-refractivity contribution is 6.37. The van der Waals surface area contributed by atoms with Crippen molar-refractivity contribution in [2.75, 3.05) is 13.1 Å². The molecule has 0 radical (unpaired) electrons. The number of aromatic nitrogens is 1. The Morgan fingerprint density at radius 2 is 1.80 bits per heavy atom. The summed E-state index contributed by atoms with van der Waals surface area (Å²) in [7, 11) is 0. The number of nitrogens with zero attached hydrogens (tertiary/aromatic N) is 3. The highest BCUT2D eigenvalue weighted by atomic mass is 35.5. The number of carboxylic acids is 1. The van der Waals surface area contributed by atoms with E-state index in [1.54, 1.807) is 28.9 Å². The average Bonchev–Trinajstić information content (AvgIpc) is 3.07. The largest absolute Gasteiger partial charge is 0.478 e. The minimum atomic E-state index is -1.18. The van der Waals surface area contributed by atoms with Crippen LogP contribution in [0.1, 0.15) is 65.7 Å². The van der Waals surface area contributed by atoms with Gasteiger partial charge >= 0.3 is 12.1 Å². The molecule has 0 aliphatic carbocycles. The van der Waals surface area contributed by atoms with Crippen LogP contribution in [0.2, 0.25) is 10.0 Å². The van der Waals surface area contributed by atoms with Gasteiger partial charge in [-0.05, 0) is 52.7 Å². The maximum Gasteiger partial charge on any atom is 0.410 e. The van der Waals surface area contributed by atoms with E-state index in [4.69, 9.17) is 27.9 Å².